The normalized spacial score (nSPS) is 41.3. The molecule has 4 saturated carbocycles. The predicted octanol–water partition coefficient (Wildman–Crippen LogP) is 6.03. The monoisotopic (exact) mass is 531 g/mol. The molecule has 2 aromatic rings. The van der Waals surface area contributed by atoms with Crippen molar-refractivity contribution in [1.82, 2.24) is 15.0 Å². The fourth-order valence-electron chi connectivity index (χ4n) is 9.67. The molecule has 1 aromatic heterocycles. The van der Waals surface area contributed by atoms with Crippen molar-refractivity contribution in [2.45, 2.75) is 83.8 Å². The second-order valence-electron chi connectivity index (χ2n) is 13.1. The smallest absolute Gasteiger partial charge is 0.188 e. The summed E-state index contributed by atoms with van der Waals surface area (Å²) in [6, 6.07) is 2.53. The number of rotatable bonds is 5. The molecule has 6 rings (SSSR count). The molecular formula is C29H39F2N3O2S. The molecule has 37 heavy (non-hydrogen) atoms. The van der Waals surface area contributed by atoms with Crippen molar-refractivity contribution in [3.05, 3.63) is 23.8 Å². The number of hydrogen-bond donors (Lipinski definition) is 1. The van der Waals surface area contributed by atoms with E-state index in [2.05, 4.69) is 23.5 Å². The maximum Gasteiger partial charge on any atom is 0.188 e. The largest absolute Gasteiger partial charge is 0.390 e. The topological polar surface area (TPSA) is 68.0 Å². The zero-order valence-corrected chi connectivity index (χ0v) is 23.0. The highest BCUT2D eigenvalue weighted by Crippen LogP contribution is 2.68. The van der Waals surface area contributed by atoms with Gasteiger partial charge in [-0.3, -0.25) is 4.79 Å². The summed E-state index contributed by atoms with van der Waals surface area (Å²) >= 11 is 1.97. The van der Waals surface area contributed by atoms with E-state index in [0.29, 0.717) is 34.6 Å². The summed E-state index contributed by atoms with van der Waals surface area (Å²) in [5.74, 6) is 1.78. The van der Waals surface area contributed by atoms with E-state index in [0.717, 1.165) is 51.0 Å². The minimum atomic E-state index is -1.01. The molecule has 0 saturated heterocycles. The summed E-state index contributed by atoms with van der Waals surface area (Å²) in [6.45, 7) is 4.42. The van der Waals surface area contributed by atoms with Crippen molar-refractivity contribution in [2.24, 2.45) is 40.4 Å². The standard InChI is InChI=1S/C29H39F2N3O2S/c1-27(36)12-13-29(16-37-3)17(14-27)4-5-18-19-6-7-21(28(19,2)11-10-20(18)29)24(35)15-34-23-9-8-22(30)25(31)26(23)32-33-34/h8-9,17-21,36H,4-7,10-16H2,1-3H3/t17-,18+,19+,20+,21-,27-,28+,29-/m1/s1. The number of halogens is 2. The van der Waals surface area contributed by atoms with Gasteiger partial charge in [-0.25, -0.2) is 13.5 Å². The first kappa shape index (κ1) is 25.7. The van der Waals surface area contributed by atoms with Crippen LogP contribution in [0, 0.1) is 52.1 Å². The number of carbonyl (C=O) groups is 1. The van der Waals surface area contributed by atoms with Gasteiger partial charge in [-0.05, 0) is 123 Å². The van der Waals surface area contributed by atoms with Crippen LogP contribution in [0.2, 0.25) is 0 Å². The average molecular weight is 532 g/mol. The highest BCUT2D eigenvalue weighted by Gasteiger charge is 2.62. The van der Waals surface area contributed by atoms with Gasteiger partial charge < -0.3 is 5.11 Å². The molecule has 4 fully saturated rings. The van der Waals surface area contributed by atoms with Gasteiger partial charge >= 0.3 is 0 Å². The minimum absolute atomic E-state index is 0.0282. The summed E-state index contributed by atoms with van der Waals surface area (Å²) in [4.78, 5) is 13.7. The third kappa shape index (κ3) is 3.90. The fraction of sp³-hybridized carbons (Fsp3) is 0.759. The zero-order valence-electron chi connectivity index (χ0n) is 22.2. The quantitative estimate of drug-likeness (QED) is 0.510. The molecule has 1 N–H and O–H groups in total. The van der Waals surface area contributed by atoms with Crippen LogP contribution in [-0.2, 0) is 11.3 Å². The lowest BCUT2D eigenvalue weighted by Gasteiger charge is -2.62. The number of hydrogen-bond acceptors (Lipinski definition) is 5. The molecule has 0 unspecified atom stereocenters. The van der Waals surface area contributed by atoms with E-state index in [1.807, 2.05) is 18.7 Å². The van der Waals surface area contributed by atoms with Crippen molar-refractivity contribution in [3.8, 4) is 0 Å². The summed E-state index contributed by atoms with van der Waals surface area (Å²) in [7, 11) is 0. The van der Waals surface area contributed by atoms with E-state index in [4.69, 9.17) is 0 Å². The van der Waals surface area contributed by atoms with E-state index >= 15 is 0 Å². The molecule has 202 valence electrons. The molecule has 4 aliphatic rings. The molecule has 0 spiro atoms. The van der Waals surface area contributed by atoms with Crippen LogP contribution < -0.4 is 0 Å². The Hall–Kier alpha value is -1.54. The van der Waals surface area contributed by atoms with Gasteiger partial charge in [-0.1, -0.05) is 12.1 Å². The maximum absolute atomic E-state index is 14.1. The zero-order chi connectivity index (χ0) is 26.2. The summed E-state index contributed by atoms with van der Waals surface area (Å²) in [6.07, 6.45) is 11.8. The van der Waals surface area contributed by atoms with Crippen LogP contribution in [0.4, 0.5) is 8.78 Å². The van der Waals surface area contributed by atoms with Gasteiger partial charge in [0.2, 0.25) is 0 Å². The Morgan fingerprint density at radius 2 is 1.92 bits per heavy atom. The van der Waals surface area contributed by atoms with E-state index in [1.54, 1.807) is 0 Å². The molecule has 0 aliphatic heterocycles. The lowest BCUT2D eigenvalue weighted by molar-refractivity contribution is -0.149. The van der Waals surface area contributed by atoms with E-state index in [9.17, 15) is 18.7 Å². The Bertz CT molecular complexity index is 1220. The van der Waals surface area contributed by atoms with E-state index in [-0.39, 0.29) is 29.2 Å². The molecule has 0 amide bonds. The van der Waals surface area contributed by atoms with Crippen LogP contribution in [-0.4, -0.2) is 43.5 Å². The second kappa shape index (κ2) is 9.00. The third-order valence-electron chi connectivity index (χ3n) is 11.3. The van der Waals surface area contributed by atoms with Gasteiger partial charge in [0.25, 0.3) is 0 Å². The lowest BCUT2D eigenvalue weighted by Crippen LogP contribution is -2.58. The van der Waals surface area contributed by atoms with E-state index in [1.165, 1.54) is 29.3 Å². The molecular weight excluding hydrogens is 492 g/mol. The Labute approximate surface area is 222 Å². The number of Topliss-reactive ketones (excluding diaryl/α,β-unsaturated/α-hetero) is 1. The molecule has 1 aromatic carbocycles. The van der Waals surface area contributed by atoms with Gasteiger partial charge in [-0.15, -0.1) is 5.10 Å². The highest BCUT2D eigenvalue weighted by atomic mass is 32.2. The van der Waals surface area contributed by atoms with Gasteiger partial charge in [0, 0.05) is 5.92 Å². The first-order valence-corrected chi connectivity index (χ1v) is 15.4. The first-order valence-electron chi connectivity index (χ1n) is 14.0. The number of aliphatic hydroxyl groups is 1. The lowest BCUT2D eigenvalue weighted by atomic mass is 9.44. The Kier molecular flexibility index (Phi) is 6.26. The van der Waals surface area contributed by atoms with Crippen molar-refractivity contribution < 1.29 is 18.7 Å². The van der Waals surface area contributed by atoms with Crippen molar-refractivity contribution >= 4 is 28.6 Å². The van der Waals surface area contributed by atoms with Crippen molar-refractivity contribution in [2.75, 3.05) is 12.0 Å². The highest BCUT2D eigenvalue weighted by molar-refractivity contribution is 7.98. The fourth-order valence-corrected chi connectivity index (χ4v) is 10.8. The molecule has 8 atom stereocenters. The van der Waals surface area contributed by atoms with Crippen LogP contribution in [0.1, 0.15) is 71.6 Å². The number of ketones is 1. The number of aromatic nitrogens is 3. The summed E-state index contributed by atoms with van der Waals surface area (Å²) in [5.41, 5.74) is -0.00692. The molecule has 0 radical (unpaired) electrons. The van der Waals surface area contributed by atoms with Gasteiger partial charge in [0.05, 0.1) is 11.1 Å². The summed E-state index contributed by atoms with van der Waals surface area (Å²) < 4.78 is 29.2. The van der Waals surface area contributed by atoms with Gasteiger partial charge in [0.1, 0.15) is 6.54 Å². The Morgan fingerprint density at radius 3 is 2.70 bits per heavy atom. The first-order chi connectivity index (χ1) is 17.6. The van der Waals surface area contributed by atoms with Gasteiger partial charge in [0.15, 0.2) is 22.9 Å². The number of carbonyl (C=O) groups excluding carboxylic acids is 1. The predicted molar refractivity (Wildman–Crippen MR) is 141 cm³/mol. The number of benzene rings is 1. The van der Waals surface area contributed by atoms with E-state index < -0.39 is 17.2 Å². The van der Waals surface area contributed by atoms with Crippen LogP contribution >= 0.6 is 11.8 Å². The SMILES string of the molecule is CSC[C@]12CC[C@@](C)(O)C[C@H]1CC[C@H]1[C@@H]3CC[C@H](C(=O)Cn4nnc5c(F)c(F)ccc54)[C@@]3(C)CC[C@@H]12. The number of fused-ring (bicyclic) bond motifs is 6. The molecule has 4 aliphatic carbocycles. The molecule has 1 heterocycles. The minimum Gasteiger partial charge on any atom is -0.390 e. The Morgan fingerprint density at radius 1 is 1.11 bits per heavy atom. The molecule has 0 bridgehead atoms. The van der Waals surface area contributed by atoms with Crippen LogP contribution in [0.15, 0.2) is 12.1 Å². The van der Waals surface area contributed by atoms with Crippen molar-refractivity contribution in [1.29, 1.82) is 0 Å². The van der Waals surface area contributed by atoms with Crippen LogP contribution in [0.3, 0.4) is 0 Å². The van der Waals surface area contributed by atoms with Crippen LogP contribution in [0.5, 0.6) is 0 Å². The van der Waals surface area contributed by atoms with Gasteiger partial charge in [-0.2, -0.15) is 11.8 Å². The number of thioether (sulfide) groups is 1. The molecule has 8 heteroatoms. The van der Waals surface area contributed by atoms with Crippen LogP contribution in [0.25, 0.3) is 11.0 Å². The Balaban J connectivity index is 1.24. The average Bonchev–Trinajstić information content (AvgIpc) is 3.42. The molecule has 5 nitrogen and oxygen atoms in total. The van der Waals surface area contributed by atoms with Crippen molar-refractivity contribution in [3.63, 3.8) is 0 Å². The maximum atomic E-state index is 14.1. The number of nitrogens with zero attached hydrogens (tertiary/aromatic N) is 3. The summed E-state index contributed by atoms with van der Waals surface area (Å²) in [5, 5.41) is 18.7. The third-order valence-corrected chi connectivity index (χ3v) is 12.2. The second-order valence-corrected chi connectivity index (χ2v) is 14.0.